The van der Waals surface area contributed by atoms with Gasteiger partial charge in [-0.15, -0.1) is 0 Å². The number of imide groups is 1. The number of urea groups is 1. The second-order valence-electron chi connectivity index (χ2n) is 5.63. The lowest BCUT2D eigenvalue weighted by atomic mass is 10.1. The van der Waals surface area contributed by atoms with E-state index < -0.39 is 23.6 Å². The lowest BCUT2D eigenvalue weighted by molar-refractivity contribution is -0.148. The Labute approximate surface area is 123 Å². The lowest BCUT2D eigenvalue weighted by Gasteiger charge is -2.22. The number of rotatable bonds is 6. The third kappa shape index (κ3) is 3.71. The molecule has 1 unspecified atom stereocenters. The van der Waals surface area contributed by atoms with Crippen molar-refractivity contribution in [3.05, 3.63) is 0 Å². The van der Waals surface area contributed by atoms with Crippen molar-refractivity contribution < 1.29 is 24.3 Å². The molecule has 4 amide bonds. The van der Waals surface area contributed by atoms with Gasteiger partial charge in [-0.05, 0) is 27.2 Å². The first-order chi connectivity index (χ1) is 9.58. The molecule has 0 bridgehead atoms. The number of carboxylic acid groups (broad SMARTS) is 1. The molecule has 8 heteroatoms. The molecule has 0 aromatic carbocycles. The molecule has 1 aliphatic rings. The summed E-state index contributed by atoms with van der Waals surface area (Å²) in [6.07, 6.45) is 0.371. The van der Waals surface area contributed by atoms with E-state index in [1.54, 1.807) is 13.8 Å². The van der Waals surface area contributed by atoms with Gasteiger partial charge in [-0.25, -0.2) is 9.59 Å². The van der Waals surface area contributed by atoms with Crippen molar-refractivity contribution in [1.29, 1.82) is 0 Å². The van der Waals surface area contributed by atoms with Gasteiger partial charge in [0.15, 0.2) is 0 Å². The van der Waals surface area contributed by atoms with Gasteiger partial charge >= 0.3 is 12.0 Å². The van der Waals surface area contributed by atoms with Gasteiger partial charge in [0.1, 0.15) is 11.6 Å². The molecule has 1 fully saturated rings. The third-order valence-electron chi connectivity index (χ3n) is 3.55. The summed E-state index contributed by atoms with van der Waals surface area (Å²) < 4.78 is 0. The van der Waals surface area contributed by atoms with Crippen LogP contribution < -0.4 is 5.32 Å². The smallest absolute Gasteiger partial charge is 0.326 e. The highest BCUT2D eigenvalue weighted by Crippen LogP contribution is 2.17. The number of likely N-dealkylation sites (N-methyl/N-ethyl adjacent to an activating group) is 1. The standard InChI is InChI=1S/C13H21N3O5/c1-8(10(18)19)15(4)9(17)6-5-7-16-11(20)13(2,3)14-12(16)21/h8H,5-7H2,1-4H3,(H,14,21)(H,18,19). The number of amides is 4. The topological polar surface area (TPSA) is 107 Å². The summed E-state index contributed by atoms with van der Waals surface area (Å²) >= 11 is 0. The molecule has 0 saturated carbocycles. The first-order valence-corrected chi connectivity index (χ1v) is 6.70. The molecule has 118 valence electrons. The van der Waals surface area contributed by atoms with Crippen molar-refractivity contribution in [2.45, 2.75) is 45.2 Å². The number of aliphatic carboxylic acids is 1. The second-order valence-corrected chi connectivity index (χ2v) is 5.63. The Morgan fingerprint density at radius 2 is 1.95 bits per heavy atom. The molecule has 1 heterocycles. The zero-order valence-corrected chi connectivity index (χ0v) is 12.7. The van der Waals surface area contributed by atoms with Crippen molar-refractivity contribution in [3.8, 4) is 0 Å². The van der Waals surface area contributed by atoms with Gasteiger partial charge in [-0.2, -0.15) is 0 Å². The monoisotopic (exact) mass is 299 g/mol. The van der Waals surface area contributed by atoms with Crippen LogP contribution in [0.25, 0.3) is 0 Å². The van der Waals surface area contributed by atoms with E-state index in [1.807, 2.05) is 0 Å². The summed E-state index contributed by atoms with van der Waals surface area (Å²) in [6.45, 7) is 4.77. The fourth-order valence-corrected chi connectivity index (χ4v) is 1.97. The number of carbonyl (C=O) groups excluding carboxylic acids is 3. The van der Waals surface area contributed by atoms with Crippen LogP contribution >= 0.6 is 0 Å². The van der Waals surface area contributed by atoms with Crippen LogP contribution in [0, 0.1) is 0 Å². The van der Waals surface area contributed by atoms with Crippen molar-refractivity contribution in [3.63, 3.8) is 0 Å². The van der Waals surface area contributed by atoms with Crippen LogP contribution in [0.3, 0.4) is 0 Å². The van der Waals surface area contributed by atoms with E-state index in [0.717, 1.165) is 9.80 Å². The SMILES string of the molecule is CC(C(=O)O)N(C)C(=O)CCCN1C(=O)NC(C)(C)C1=O. The Bertz CT molecular complexity index is 474. The third-order valence-corrected chi connectivity index (χ3v) is 3.55. The largest absolute Gasteiger partial charge is 0.480 e. The first-order valence-electron chi connectivity index (χ1n) is 6.70. The minimum atomic E-state index is -1.08. The number of hydrogen-bond acceptors (Lipinski definition) is 4. The van der Waals surface area contributed by atoms with E-state index in [4.69, 9.17) is 5.11 Å². The van der Waals surface area contributed by atoms with E-state index in [2.05, 4.69) is 5.32 Å². The molecular formula is C13H21N3O5. The maximum absolute atomic E-state index is 11.9. The fourth-order valence-electron chi connectivity index (χ4n) is 1.97. The van der Waals surface area contributed by atoms with Crippen molar-refractivity contribution in [1.82, 2.24) is 15.1 Å². The van der Waals surface area contributed by atoms with Crippen LogP contribution in [0.4, 0.5) is 4.79 Å². The predicted octanol–water partition coefficient (Wildman–Crippen LogP) is 0.0285. The van der Waals surface area contributed by atoms with E-state index in [9.17, 15) is 19.2 Å². The Balaban J connectivity index is 2.47. The first kappa shape index (κ1) is 16.9. The van der Waals surface area contributed by atoms with Gasteiger partial charge in [-0.1, -0.05) is 0 Å². The van der Waals surface area contributed by atoms with Gasteiger partial charge in [0.25, 0.3) is 5.91 Å². The molecule has 1 rings (SSSR count). The molecule has 8 nitrogen and oxygen atoms in total. The van der Waals surface area contributed by atoms with E-state index in [-0.39, 0.29) is 24.8 Å². The predicted molar refractivity (Wildman–Crippen MR) is 73.4 cm³/mol. The number of nitrogens with one attached hydrogen (secondary N) is 1. The van der Waals surface area contributed by atoms with Gasteiger partial charge in [0.2, 0.25) is 5.91 Å². The lowest BCUT2D eigenvalue weighted by Crippen LogP contribution is -2.41. The molecule has 0 aliphatic carbocycles. The summed E-state index contributed by atoms with van der Waals surface area (Å²) in [5, 5.41) is 11.4. The zero-order valence-electron chi connectivity index (χ0n) is 12.7. The molecule has 0 radical (unpaired) electrons. The number of hydrogen-bond donors (Lipinski definition) is 2. The highest BCUT2D eigenvalue weighted by molar-refractivity contribution is 6.06. The molecule has 0 spiro atoms. The highest BCUT2D eigenvalue weighted by Gasteiger charge is 2.43. The molecule has 2 N–H and O–H groups in total. The molecule has 1 atom stereocenters. The quantitative estimate of drug-likeness (QED) is 0.673. The van der Waals surface area contributed by atoms with E-state index in [0.29, 0.717) is 6.42 Å². The highest BCUT2D eigenvalue weighted by atomic mass is 16.4. The van der Waals surface area contributed by atoms with Crippen molar-refractivity contribution in [2.24, 2.45) is 0 Å². The van der Waals surface area contributed by atoms with Crippen LogP contribution in [0.2, 0.25) is 0 Å². The maximum atomic E-state index is 11.9. The summed E-state index contributed by atoms with van der Waals surface area (Å²) in [5.74, 6) is -1.75. The van der Waals surface area contributed by atoms with Crippen molar-refractivity contribution >= 4 is 23.8 Å². The Morgan fingerprint density at radius 1 is 1.38 bits per heavy atom. The number of carbonyl (C=O) groups is 4. The Morgan fingerprint density at radius 3 is 2.38 bits per heavy atom. The van der Waals surface area contributed by atoms with Gasteiger partial charge in [0.05, 0.1) is 0 Å². The van der Waals surface area contributed by atoms with Crippen LogP contribution in [0.5, 0.6) is 0 Å². The summed E-state index contributed by atoms with van der Waals surface area (Å²) in [7, 11) is 1.41. The van der Waals surface area contributed by atoms with E-state index in [1.165, 1.54) is 14.0 Å². The molecule has 1 saturated heterocycles. The average molecular weight is 299 g/mol. The number of carboxylic acids is 1. The molecule has 0 aromatic rings. The Hall–Kier alpha value is -2.12. The number of nitrogens with zero attached hydrogens (tertiary/aromatic N) is 2. The summed E-state index contributed by atoms with van der Waals surface area (Å²) in [6, 6.07) is -1.38. The summed E-state index contributed by atoms with van der Waals surface area (Å²) in [5.41, 5.74) is -0.921. The molecule has 0 aromatic heterocycles. The average Bonchev–Trinajstić information content (AvgIpc) is 2.58. The minimum Gasteiger partial charge on any atom is -0.480 e. The van der Waals surface area contributed by atoms with Gasteiger partial charge in [0, 0.05) is 20.0 Å². The Kier molecular flexibility index (Phi) is 4.93. The maximum Gasteiger partial charge on any atom is 0.326 e. The second kappa shape index (κ2) is 6.11. The van der Waals surface area contributed by atoms with Gasteiger partial charge in [-0.3, -0.25) is 14.5 Å². The fraction of sp³-hybridized carbons (Fsp3) is 0.692. The van der Waals surface area contributed by atoms with Crippen LogP contribution in [-0.4, -0.2) is 63.9 Å². The minimum absolute atomic E-state index is 0.0750. The zero-order chi connectivity index (χ0) is 16.4. The van der Waals surface area contributed by atoms with Gasteiger partial charge < -0.3 is 15.3 Å². The van der Waals surface area contributed by atoms with Crippen molar-refractivity contribution in [2.75, 3.05) is 13.6 Å². The van der Waals surface area contributed by atoms with Crippen LogP contribution in [0.15, 0.2) is 0 Å². The van der Waals surface area contributed by atoms with Crippen LogP contribution in [0.1, 0.15) is 33.6 Å². The molecule has 21 heavy (non-hydrogen) atoms. The molecule has 1 aliphatic heterocycles. The normalized spacial score (nSPS) is 18.4. The van der Waals surface area contributed by atoms with Crippen LogP contribution in [-0.2, 0) is 14.4 Å². The molecular weight excluding hydrogens is 278 g/mol. The summed E-state index contributed by atoms with van der Waals surface area (Å²) in [4.78, 5) is 48.4. The van der Waals surface area contributed by atoms with E-state index >= 15 is 0 Å².